The van der Waals surface area contributed by atoms with Gasteiger partial charge < -0.3 is 14.7 Å². The van der Waals surface area contributed by atoms with Gasteiger partial charge in [0.05, 0.1) is 27.9 Å². The summed E-state index contributed by atoms with van der Waals surface area (Å²) in [5.41, 5.74) is 2.35. The summed E-state index contributed by atoms with van der Waals surface area (Å²) in [4.78, 5) is 13.1. The van der Waals surface area contributed by atoms with Crippen LogP contribution in [0.15, 0.2) is 107 Å². The van der Waals surface area contributed by atoms with Crippen molar-refractivity contribution in [1.29, 1.82) is 0 Å². The van der Waals surface area contributed by atoms with Crippen LogP contribution in [0.4, 0.5) is 5.69 Å². The van der Waals surface area contributed by atoms with Crippen molar-refractivity contribution in [2.24, 2.45) is 0 Å². The van der Waals surface area contributed by atoms with Gasteiger partial charge in [0, 0.05) is 48.8 Å². The standard InChI is InChI=1S/C46H58N2O14S4/c1-32-15-16-34-31-37(66(59,60)61)19-21-38(34)43(32)45(3,23-10-28-63(51,52)53)33(2)12-9-13-41-46(4,24-11-29-64(54,55)56)44-39-20-18-36(65(57,58)47-25-27-62-5)30-35(39)17-22-40(44)48(41)26-8-6-7-14-42(49)50/h9,12-13,15-22,30-31,47H,2,6-8,10-11,14,23-29H2,1,3-5H3,(H,49,50)(H,51,52,53)(H,54,55,56)(H,59,60,61)/b12-9+,41-13+. The van der Waals surface area contributed by atoms with Gasteiger partial charge >= 0.3 is 5.97 Å². The normalized spacial score (nSPS) is 17.5. The maximum atomic E-state index is 13.2. The number of rotatable bonds is 24. The van der Waals surface area contributed by atoms with E-state index in [1.807, 2.05) is 39.0 Å². The van der Waals surface area contributed by atoms with Gasteiger partial charge in [0.2, 0.25) is 10.0 Å². The van der Waals surface area contributed by atoms with Crippen LogP contribution >= 0.6 is 0 Å². The third-order valence-corrected chi connectivity index (χ3v) is 16.2. The molecule has 0 amide bonds. The number of nitrogens with one attached hydrogen (secondary N) is 1. The molecular formula is C46H58N2O14S4. The summed E-state index contributed by atoms with van der Waals surface area (Å²) in [6.45, 7) is 10.8. The smallest absolute Gasteiger partial charge is 0.303 e. The number of anilines is 1. The third-order valence-electron chi connectivity index (χ3n) is 12.3. The molecule has 0 aromatic heterocycles. The van der Waals surface area contributed by atoms with Gasteiger partial charge in [-0.2, -0.15) is 25.3 Å². The number of unbranched alkanes of at least 4 members (excludes halogenated alkanes) is 2. The molecule has 0 radical (unpaired) electrons. The zero-order chi connectivity index (χ0) is 48.9. The number of allylic oxidation sites excluding steroid dienone is 5. The number of benzene rings is 4. The first-order valence-electron chi connectivity index (χ1n) is 21.3. The predicted octanol–water partition coefficient (Wildman–Crippen LogP) is 7.49. The highest BCUT2D eigenvalue weighted by Crippen LogP contribution is 2.54. The Balaban J connectivity index is 1.68. The van der Waals surface area contributed by atoms with Crippen LogP contribution in [0.2, 0.25) is 0 Å². The molecule has 1 aliphatic rings. The Bertz CT molecular complexity index is 3020. The fraction of sp³-hybridized carbons (Fsp3) is 0.413. The van der Waals surface area contributed by atoms with Crippen molar-refractivity contribution in [2.45, 2.75) is 92.8 Å². The second-order valence-corrected chi connectivity index (χ2v) is 23.4. The quantitative estimate of drug-likeness (QED) is 0.0259. The monoisotopic (exact) mass is 990 g/mol. The molecule has 360 valence electrons. The largest absolute Gasteiger partial charge is 0.481 e. The molecule has 2 unspecified atom stereocenters. The number of aryl methyl sites for hydroxylation is 1. The molecule has 2 atom stereocenters. The number of nitrogens with zero attached hydrogens (tertiary/aromatic N) is 1. The highest BCUT2D eigenvalue weighted by molar-refractivity contribution is 7.89. The SMILES string of the molecule is C=C(/C=C/C=C1/N(CCCCCC(=O)O)c2ccc3cc(S(=O)(=O)NCCOC)ccc3c2C1(C)CCCS(=O)(=O)O)C(C)(CCCS(=O)(=O)O)c1c(C)ccc2cc(S(=O)(=O)O)ccc12. The van der Waals surface area contributed by atoms with Crippen LogP contribution in [0, 0.1) is 6.92 Å². The first kappa shape index (κ1) is 52.5. The van der Waals surface area contributed by atoms with Crippen molar-refractivity contribution >= 4 is 73.6 Å². The van der Waals surface area contributed by atoms with E-state index in [2.05, 4.69) is 16.2 Å². The van der Waals surface area contributed by atoms with Crippen molar-refractivity contribution in [1.82, 2.24) is 4.72 Å². The summed E-state index contributed by atoms with van der Waals surface area (Å²) in [6.07, 6.45) is 7.49. The fourth-order valence-electron chi connectivity index (χ4n) is 9.09. The number of methoxy groups -OCH3 is 1. The minimum Gasteiger partial charge on any atom is -0.481 e. The van der Waals surface area contributed by atoms with E-state index in [1.54, 1.807) is 42.5 Å². The zero-order valence-corrected chi connectivity index (χ0v) is 40.6. The summed E-state index contributed by atoms with van der Waals surface area (Å²) >= 11 is 0. The third kappa shape index (κ3) is 12.5. The van der Waals surface area contributed by atoms with Gasteiger partial charge in [-0.3, -0.25) is 18.5 Å². The lowest BCUT2D eigenvalue weighted by molar-refractivity contribution is -0.137. The molecule has 16 nitrogen and oxygen atoms in total. The molecule has 0 bridgehead atoms. The summed E-state index contributed by atoms with van der Waals surface area (Å²) in [7, 11) is -15.7. The van der Waals surface area contributed by atoms with Crippen molar-refractivity contribution in [2.75, 3.05) is 43.2 Å². The van der Waals surface area contributed by atoms with E-state index in [4.69, 9.17) is 4.74 Å². The predicted molar refractivity (Wildman–Crippen MR) is 255 cm³/mol. The lowest BCUT2D eigenvalue weighted by Crippen LogP contribution is -2.30. The number of fused-ring (bicyclic) bond motifs is 4. The summed E-state index contributed by atoms with van der Waals surface area (Å²) in [5, 5.41) is 11.7. The first-order chi connectivity index (χ1) is 30.7. The molecule has 4 aromatic carbocycles. The molecule has 0 saturated heterocycles. The molecule has 5 rings (SSSR count). The van der Waals surface area contributed by atoms with E-state index in [0.29, 0.717) is 58.5 Å². The number of carbonyl (C=O) groups is 1. The van der Waals surface area contributed by atoms with Gasteiger partial charge in [-0.1, -0.05) is 62.4 Å². The van der Waals surface area contributed by atoms with Gasteiger partial charge in [0.15, 0.2) is 0 Å². The number of carboxylic acid groups (broad SMARTS) is 1. The van der Waals surface area contributed by atoms with Gasteiger partial charge in [-0.25, -0.2) is 13.1 Å². The molecule has 1 aliphatic heterocycles. The second kappa shape index (κ2) is 20.8. The number of hydrogen-bond donors (Lipinski definition) is 5. The molecular weight excluding hydrogens is 933 g/mol. The Morgan fingerprint density at radius 3 is 2.11 bits per heavy atom. The molecule has 0 aliphatic carbocycles. The number of aliphatic carboxylic acids is 1. The Labute approximate surface area is 387 Å². The minimum absolute atomic E-state index is 0.00540. The van der Waals surface area contributed by atoms with Crippen LogP contribution in [0.25, 0.3) is 21.5 Å². The van der Waals surface area contributed by atoms with Crippen LogP contribution in [-0.4, -0.2) is 96.7 Å². The van der Waals surface area contributed by atoms with Crippen molar-refractivity contribution in [3.8, 4) is 0 Å². The van der Waals surface area contributed by atoms with E-state index in [0.717, 1.165) is 22.5 Å². The Morgan fingerprint density at radius 1 is 0.833 bits per heavy atom. The van der Waals surface area contributed by atoms with E-state index >= 15 is 0 Å². The molecule has 0 saturated carbocycles. The molecule has 66 heavy (non-hydrogen) atoms. The van der Waals surface area contributed by atoms with E-state index in [1.165, 1.54) is 25.3 Å². The van der Waals surface area contributed by atoms with Crippen molar-refractivity contribution < 1.29 is 62.0 Å². The Kier molecular flexibility index (Phi) is 16.5. The van der Waals surface area contributed by atoms with Gasteiger partial charge in [0.1, 0.15) is 0 Å². The van der Waals surface area contributed by atoms with Gasteiger partial charge in [0.25, 0.3) is 30.4 Å². The number of sulfonamides is 1. The maximum absolute atomic E-state index is 13.2. The highest BCUT2D eigenvalue weighted by atomic mass is 32.2. The zero-order valence-electron chi connectivity index (χ0n) is 37.4. The van der Waals surface area contributed by atoms with Crippen molar-refractivity contribution in [3.05, 3.63) is 113 Å². The van der Waals surface area contributed by atoms with Crippen LogP contribution < -0.4 is 9.62 Å². The van der Waals surface area contributed by atoms with Gasteiger partial charge in [-0.15, -0.1) is 0 Å². The second-order valence-electron chi connectivity index (χ2n) is 17.1. The molecule has 0 spiro atoms. The minimum atomic E-state index is -4.53. The number of carboxylic acids is 1. The molecule has 5 N–H and O–H groups in total. The Morgan fingerprint density at radius 2 is 1.45 bits per heavy atom. The molecule has 1 heterocycles. The lowest BCUT2D eigenvalue weighted by atomic mass is 9.70. The highest BCUT2D eigenvalue weighted by Gasteiger charge is 2.44. The topological polar surface area (TPSA) is 259 Å². The van der Waals surface area contributed by atoms with Gasteiger partial charge in [-0.05, 0) is 133 Å². The van der Waals surface area contributed by atoms with E-state index < -0.39 is 68.7 Å². The van der Waals surface area contributed by atoms with Crippen LogP contribution in [0.5, 0.6) is 0 Å². The van der Waals surface area contributed by atoms with Crippen LogP contribution in [0.3, 0.4) is 0 Å². The summed E-state index contributed by atoms with van der Waals surface area (Å²) in [6, 6.07) is 16.2. The number of hydrogen-bond acceptors (Lipinski definition) is 11. The Hall–Kier alpha value is -4.51. The van der Waals surface area contributed by atoms with Crippen molar-refractivity contribution in [3.63, 3.8) is 0 Å². The summed E-state index contributed by atoms with van der Waals surface area (Å²) in [5.74, 6) is -1.97. The summed E-state index contributed by atoms with van der Waals surface area (Å²) < 4.78 is 135. The van der Waals surface area contributed by atoms with E-state index in [9.17, 15) is 57.2 Å². The first-order valence-corrected chi connectivity index (χ1v) is 27.4. The average Bonchev–Trinajstić information content (AvgIpc) is 3.45. The van der Waals surface area contributed by atoms with E-state index in [-0.39, 0.29) is 55.0 Å². The number of ether oxygens (including phenoxy) is 1. The molecule has 4 aromatic rings. The van der Waals surface area contributed by atoms with Crippen LogP contribution in [0.1, 0.15) is 81.9 Å². The fourth-order valence-corrected chi connectivity index (χ4v) is 11.7. The molecule has 0 fully saturated rings. The lowest BCUT2D eigenvalue weighted by Gasteiger charge is -2.34. The maximum Gasteiger partial charge on any atom is 0.303 e. The molecule has 20 heteroatoms. The average molecular weight is 991 g/mol. The van der Waals surface area contributed by atoms with Crippen LogP contribution in [-0.2, 0) is 60.7 Å².